The molecule has 3 nitrogen and oxygen atoms in total. The number of nitrogens with one attached hydrogen (secondary N) is 1. The Hall–Kier alpha value is -0.710. The topological polar surface area (TPSA) is 49.3 Å². The Morgan fingerprint density at radius 3 is 3.06 bits per heavy atom. The monoisotopic (exact) mass is 255 g/mol. The van der Waals surface area contributed by atoms with Gasteiger partial charge in [-0.15, -0.1) is 11.3 Å². The van der Waals surface area contributed by atoms with Crippen molar-refractivity contribution in [2.45, 2.75) is 38.7 Å². The van der Waals surface area contributed by atoms with Crippen LogP contribution in [0.5, 0.6) is 0 Å². The summed E-state index contributed by atoms with van der Waals surface area (Å²) in [5.41, 5.74) is 0. The van der Waals surface area contributed by atoms with E-state index in [1.807, 2.05) is 17.5 Å². The molecule has 1 unspecified atom stereocenters. The standard InChI is InChI=1S/C13H21NO2S/c1-2-3-5-11(15)10-14-8-7-12(16)13-6-4-9-17-13/h4,6,9,11,14-15H,2-3,5,7-8,10H2,1H3. The van der Waals surface area contributed by atoms with Gasteiger partial charge in [0.25, 0.3) is 0 Å². The van der Waals surface area contributed by atoms with E-state index in [0.29, 0.717) is 19.5 Å². The van der Waals surface area contributed by atoms with Gasteiger partial charge in [-0.25, -0.2) is 0 Å². The van der Waals surface area contributed by atoms with Gasteiger partial charge in [0.15, 0.2) is 5.78 Å². The maximum atomic E-state index is 11.6. The van der Waals surface area contributed by atoms with Crippen molar-refractivity contribution in [1.82, 2.24) is 5.32 Å². The predicted octanol–water partition coefficient (Wildman–Crippen LogP) is 2.46. The molecule has 0 radical (unpaired) electrons. The molecule has 0 amide bonds. The van der Waals surface area contributed by atoms with E-state index < -0.39 is 0 Å². The molecule has 1 heterocycles. The van der Waals surface area contributed by atoms with Crippen molar-refractivity contribution in [3.8, 4) is 0 Å². The smallest absolute Gasteiger partial charge is 0.174 e. The quantitative estimate of drug-likeness (QED) is 0.526. The molecule has 0 bridgehead atoms. The summed E-state index contributed by atoms with van der Waals surface area (Å²) in [5.74, 6) is 0.176. The molecule has 2 N–H and O–H groups in total. The van der Waals surface area contributed by atoms with Gasteiger partial charge in [0, 0.05) is 19.5 Å². The zero-order chi connectivity index (χ0) is 12.5. The number of unbranched alkanes of at least 4 members (excludes halogenated alkanes) is 1. The average Bonchev–Trinajstić information content (AvgIpc) is 2.85. The number of Topliss-reactive ketones (excluding diaryl/α,β-unsaturated/α-hetero) is 1. The summed E-state index contributed by atoms with van der Waals surface area (Å²) in [6.07, 6.45) is 3.21. The van der Waals surface area contributed by atoms with E-state index in [-0.39, 0.29) is 11.9 Å². The number of hydrogen-bond acceptors (Lipinski definition) is 4. The third kappa shape index (κ3) is 5.96. The molecule has 1 atom stereocenters. The molecule has 96 valence electrons. The number of carbonyl (C=O) groups excluding carboxylic acids is 1. The van der Waals surface area contributed by atoms with Crippen LogP contribution in [-0.2, 0) is 0 Å². The molecule has 0 aliphatic rings. The van der Waals surface area contributed by atoms with Crippen LogP contribution in [0.1, 0.15) is 42.3 Å². The molecule has 4 heteroatoms. The van der Waals surface area contributed by atoms with Gasteiger partial charge in [-0.3, -0.25) is 4.79 Å². The van der Waals surface area contributed by atoms with Crippen LogP contribution in [-0.4, -0.2) is 30.1 Å². The minimum absolute atomic E-state index is 0.176. The van der Waals surface area contributed by atoms with E-state index in [2.05, 4.69) is 12.2 Å². The van der Waals surface area contributed by atoms with Crippen LogP contribution >= 0.6 is 11.3 Å². The maximum absolute atomic E-state index is 11.6. The lowest BCUT2D eigenvalue weighted by molar-refractivity contribution is 0.0982. The molecule has 0 fully saturated rings. The van der Waals surface area contributed by atoms with Gasteiger partial charge in [0.05, 0.1) is 11.0 Å². The molecular weight excluding hydrogens is 234 g/mol. The Balaban J connectivity index is 2.06. The molecule has 0 saturated heterocycles. The lowest BCUT2D eigenvalue weighted by Crippen LogP contribution is -2.28. The van der Waals surface area contributed by atoms with Gasteiger partial charge >= 0.3 is 0 Å². The first kappa shape index (κ1) is 14.4. The number of carbonyl (C=O) groups is 1. The molecule has 0 aromatic carbocycles. The van der Waals surface area contributed by atoms with Gasteiger partial charge in [-0.1, -0.05) is 25.8 Å². The Morgan fingerprint density at radius 1 is 1.59 bits per heavy atom. The van der Waals surface area contributed by atoms with E-state index in [4.69, 9.17) is 0 Å². The number of aliphatic hydroxyl groups excluding tert-OH is 1. The molecule has 1 rings (SSSR count). The number of aliphatic hydroxyl groups is 1. The molecule has 0 spiro atoms. The second kappa shape index (κ2) is 8.39. The van der Waals surface area contributed by atoms with Crippen molar-refractivity contribution in [1.29, 1.82) is 0 Å². The van der Waals surface area contributed by atoms with E-state index >= 15 is 0 Å². The van der Waals surface area contributed by atoms with Crippen LogP contribution in [0.2, 0.25) is 0 Å². The van der Waals surface area contributed by atoms with Gasteiger partial charge in [0.2, 0.25) is 0 Å². The highest BCUT2D eigenvalue weighted by Crippen LogP contribution is 2.10. The molecular formula is C13H21NO2S. The van der Waals surface area contributed by atoms with Gasteiger partial charge < -0.3 is 10.4 Å². The van der Waals surface area contributed by atoms with Crippen LogP contribution in [0.3, 0.4) is 0 Å². The second-order valence-corrected chi connectivity index (χ2v) is 5.10. The summed E-state index contributed by atoms with van der Waals surface area (Å²) in [4.78, 5) is 12.4. The lowest BCUT2D eigenvalue weighted by Gasteiger charge is -2.10. The molecule has 0 aliphatic heterocycles. The van der Waals surface area contributed by atoms with Crippen LogP contribution in [0, 0.1) is 0 Å². The number of thiophene rings is 1. The Labute approximate surface area is 107 Å². The van der Waals surface area contributed by atoms with Crippen LogP contribution in [0.4, 0.5) is 0 Å². The third-order valence-corrected chi connectivity index (χ3v) is 3.51. The fraction of sp³-hybridized carbons (Fsp3) is 0.615. The highest BCUT2D eigenvalue weighted by molar-refractivity contribution is 7.12. The summed E-state index contributed by atoms with van der Waals surface area (Å²) in [6.45, 7) is 3.33. The van der Waals surface area contributed by atoms with E-state index in [0.717, 1.165) is 24.1 Å². The first-order chi connectivity index (χ1) is 8.24. The molecule has 0 aliphatic carbocycles. The number of ketones is 1. The van der Waals surface area contributed by atoms with Gasteiger partial charge in [0.1, 0.15) is 0 Å². The summed E-state index contributed by atoms with van der Waals surface area (Å²) in [5, 5.41) is 14.6. The minimum atomic E-state index is -0.285. The van der Waals surface area contributed by atoms with E-state index in [1.165, 1.54) is 11.3 Å². The summed E-state index contributed by atoms with van der Waals surface area (Å²) in [7, 11) is 0. The average molecular weight is 255 g/mol. The third-order valence-electron chi connectivity index (χ3n) is 2.60. The fourth-order valence-electron chi connectivity index (χ4n) is 1.57. The zero-order valence-corrected chi connectivity index (χ0v) is 11.1. The van der Waals surface area contributed by atoms with Crippen molar-refractivity contribution >= 4 is 17.1 Å². The SMILES string of the molecule is CCCCC(O)CNCCC(=O)c1cccs1. The first-order valence-electron chi connectivity index (χ1n) is 6.19. The molecule has 0 saturated carbocycles. The molecule has 1 aromatic rings. The maximum Gasteiger partial charge on any atom is 0.174 e. The van der Waals surface area contributed by atoms with Gasteiger partial charge in [-0.05, 0) is 17.9 Å². The lowest BCUT2D eigenvalue weighted by atomic mass is 10.1. The molecule has 17 heavy (non-hydrogen) atoms. The van der Waals surface area contributed by atoms with E-state index in [1.54, 1.807) is 0 Å². The van der Waals surface area contributed by atoms with Crippen LogP contribution in [0.15, 0.2) is 17.5 Å². The normalized spacial score (nSPS) is 12.6. The van der Waals surface area contributed by atoms with Crippen LogP contribution in [0.25, 0.3) is 0 Å². The Kier molecular flexibility index (Phi) is 7.08. The van der Waals surface area contributed by atoms with Gasteiger partial charge in [-0.2, -0.15) is 0 Å². The van der Waals surface area contributed by atoms with Crippen molar-refractivity contribution in [2.75, 3.05) is 13.1 Å². The highest BCUT2D eigenvalue weighted by atomic mass is 32.1. The number of hydrogen-bond donors (Lipinski definition) is 2. The Morgan fingerprint density at radius 2 is 2.41 bits per heavy atom. The van der Waals surface area contributed by atoms with Crippen LogP contribution < -0.4 is 5.32 Å². The largest absolute Gasteiger partial charge is 0.392 e. The van der Waals surface area contributed by atoms with Crippen molar-refractivity contribution in [3.63, 3.8) is 0 Å². The molecule has 1 aromatic heterocycles. The summed E-state index contributed by atoms with van der Waals surface area (Å²) < 4.78 is 0. The number of rotatable bonds is 9. The Bertz CT molecular complexity index is 311. The van der Waals surface area contributed by atoms with Crippen molar-refractivity contribution < 1.29 is 9.90 Å². The second-order valence-electron chi connectivity index (χ2n) is 4.15. The summed E-state index contributed by atoms with van der Waals surface area (Å²) >= 11 is 1.48. The van der Waals surface area contributed by atoms with Crippen molar-refractivity contribution in [2.24, 2.45) is 0 Å². The first-order valence-corrected chi connectivity index (χ1v) is 7.07. The zero-order valence-electron chi connectivity index (χ0n) is 10.3. The van der Waals surface area contributed by atoms with E-state index in [9.17, 15) is 9.90 Å². The highest BCUT2D eigenvalue weighted by Gasteiger charge is 2.07. The summed E-state index contributed by atoms with van der Waals surface area (Å²) in [6, 6.07) is 3.74. The fourth-order valence-corrected chi connectivity index (χ4v) is 2.27. The minimum Gasteiger partial charge on any atom is -0.392 e. The predicted molar refractivity (Wildman–Crippen MR) is 71.7 cm³/mol. The van der Waals surface area contributed by atoms with Crippen molar-refractivity contribution in [3.05, 3.63) is 22.4 Å².